The molecule has 0 aliphatic rings. The van der Waals surface area contributed by atoms with Crippen LogP contribution in [0.1, 0.15) is 22.3 Å². The zero-order valence-electron chi connectivity index (χ0n) is 16.2. The number of nitrogens with zero attached hydrogens (tertiary/aromatic N) is 2. The van der Waals surface area contributed by atoms with Crippen molar-refractivity contribution >= 4 is 45.2 Å². The molecule has 0 radical (unpaired) electrons. The summed E-state index contributed by atoms with van der Waals surface area (Å²) >= 11 is 3.12. The molecule has 0 atom stereocenters. The average Bonchev–Trinajstić information content (AvgIpc) is 2.62. The van der Waals surface area contributed by atoms with Gasteiger partial charge in [0.15, 0.2) is 10.3 Å². The summed E-state index contributed by atoms with van der Waals surface area (Å²) in [6, 6.07) is 12.4. The van der Waals surface area contributed by atoms with Crippen molar-refractivity contribution in [3.63, 3.8) is 0 Å². The van der Waals surface area contributed by atoms with E-state index in [2.05, 4.69) is 74.9 Å². The molecule has 4 nitrogen and oxygen atoms in total. The van der Waals surface area contributed by atoms with Crippen LogP contribution in [0.15, 0.2) is 46.4 Å². The number of nitrogens with one attached hydrogen (secondary N) is 2. The summed E-state index contributed by atoms with van der Waals surface area (Å²) in [5.41, 5.74) is 13.0. The van der Waals surface area contributed by atoms with Crippen LogP contribution in [0, 0.1) is 27.7 Å². The molecule has 138 valence electrons. The van der Waals surface area contributed by atoms with E-state index in [0.717, 1.165) is 44.0 Å². The van der Waals surface area contributed by atoms with Gasteiger partial charge in [-0.2, -0.15) is 0 Å². The van der Waals surface area contributed by atoms with Gasteiger partial charge in [-0.3, -0.25) is 10.9 Å². The standard InChI is InChI=1S/C20H26N4S2/c1-13-9-7-10-14(2)17(13)21-19(25-5)23-24-20(26-6)22-18-15(3)11-8-12-16(18)4/h7-12H,1-6H3,(H,21,23)(H,22,24). The zero-order valence-corrected chi connectivity index (χ0v) is 17.8. The number of hydrogen-bond donors (Lipinski definition) is 2. The normalized spacial score (nSPS) is 12.2. The van der Waals surface area contributed by atoms with Gasteiger partial charge in [0.1, 0.15) is 0 Å². The molecule has 2 aromatic rings. The first-order chi connectivity index (χ1) is 12.5. The third-order valence-corrected chi connectivity index (χ3v) is 5.13. The van der Waals surface area contributed by atoms with Crippen molar-refractivity contribution in [3.8, 4) is 0 Å². The smallest absolute Gasteiger partial charge is 0.180 e. The van der Waals surface area contributed by atoms with Gasteiger partial charge in [-0.25, -0.2) is 9.98 Å². The van der Waals surface area contributed by atoms with Crippen molar-refractivity contribution in [1.29, 1.82) is 0 Å². The molecular formula is C20H26N4S2. The predicted octanol–water partition coefficient (Wildman–Crippen LogP) is 5.42. The fourth-order valence-electron chi connectivity index (χ4n) is 2.52. The minimum absolute atomic E-state index is 0.797. The lowest BCUT2D eigenvalue weighted by Gasteiger charge is -2.13. The molecule has 0 saturated carbocycles. The summed E-state index contributed by atoms with van der Waals surface area (Å²) in [7, 11) is 0. The largest absolute Gasteiger partial charge is 0.277 e. The Hall–Kier alpha value is -1.92. The maximum absolute atomic E-state index is 4.77. The number of hydrogen-bond acceptors (Lipinski definition) is 4. The van der Waals surface area contributed by atoms with Gasteiger partial charge in [0.25, 0.3) is 0 Å². The fourth-order valence-corrected chi connectivity index (χ4v) is 3.19. The molecule has 2 rings (SSSR count). The van der Waals surface area contributed by atoms with Crippen LogP contribution >= 0.6 is 23.5 Å². The molecule has 0 unspecified atom stereocenters. The summed E-state index contributed by atoms with van der Waals surface area (Å²) in [5, 5.41) is 1.59. The Bertz CT molecular complexity index is 719. The lowest BCUT2D eigenvalue weighted by atomic mass is 10.1. The number of aliphatic imine (C=N–C) groups is 2. The number of thioether (sulfide) groups is 2. The third kappa shape index (κ3) is 5.29. The average molecular weight is 387 g/mol. The molecule has 0 heterocycles. The van der Waals surface area contributed by atoms with E-state index in [1.807, 2.05) is 12.5 Å². The Morgan fingerprint density at radius 1 is 0.654 bits per heavy atom. The van der Waals surface area contributed by atoms with E-state index in [-0.39, 0.29) is 0 Å². The van der Waals surface area contributed by atoms with E-state index in [9.17, 15) is 0 Å². The first-order valence-corrected chi connectivity index (χ1v) is 10.8. The molecule has 0 aliphatic heterocycles. The highest BCUT2D eigenvalue weighted by Gasteiger charge is 2.06. The predicted molar refractivity (Wildman–Crippen MR) is 119 cm³/mol. The van der Waals surface area contributed by atoms with Crippen LogP contribution in [0.2, 0.25) is 0 Å². The van der Waals surface area contributed by atoms with Gasteiger partial charge in [0.05, 0.1) is 11.4 Å². The molecule has 0 aliphatic carbocycles. The van der Waals surface area contributed by atoms with Crippen molar-refractivity contribution in [2.24, 2.45) is 9.98 Å². The molecule has 6 heteroatoms. The maximum Gasteiger partial charge on any atom is 0.180 e. The van der Waals surface area contributed by atoms with Crippen molar-refractivity contribution in [2.75, 3.05) is 12.5 Å². The van der Waals surface area contributed by atoms with E-state index in [1.54, 1.807) is 23.5 Å². The lowest BCUT2D eigenvalue weighted by Crippen LogP contribution is -2.38. The van der Waals surface area contributed by atoms with Gasteiger partial charge in [0, 0.05) is 0 Å². The van der Waals surface area contributed by atoms with Crippen LogP contribution in [0.4, 0.5) is 11.4 Å². The number of amidine groups is 2. The maximum atomic E-state index is 4.77. The number of hydrazine groups is 1. The van der Waals surface area contributed by atoms with Crippen molar-refractivity contribution in [2.45, 2.75) is 27.7 Å². The number of para-hydroxylation sites is 2. The molecule has 0 spiro atoms. The molecule has 0 bridgehead atoms. The summed E-state index contributed by atoms with van der Waals surface area (Å²) in [5.74, 6) is 0. The van der Waals surface area contributed by atoms with Gasteiger partial charge < -0.3 is 0 Å². The lowest BCUT2D eigenvalue weighted by molar-refractivity contribution is 0.889. The first kappa shape index (κ1) is 20.4. The SMILES string of the molecule is CSC(=Nc1c(C)cccc1C)NNC(=Nc1c(C)cccc1C)SC. The summed E-state index contributed by atoms with van der Waals surface area (Å²) in [6.45, 7) is 8.31. The first-order valence-electron chi connectivity index (χ1n) is 8.36. The van der Waals surface area contributed by atoms with Crippen LogP contribution in [0.5, 0.6) is 0 Å². The molecule has 26 heavy (non-hydrogen) atoms. The van der Waals surface area contributed by atoms with Crippen molar-refractivity contribution in [1.82, 2.24) is 10.9 Å². The number of aryl methyl sites for hydroxylation is 4. The van der Waals surface area contributed by atoms with E-state index in [0.29, 0.717) is 0 Å². The van der Waals surface area contributed by atoms with E-state index < -0.39 is 0 Å². The van der Waals surface area contributed by atoms with Gasteiger partial charge in [0.2, 0.25) is 0 Å². The summed E-state index contributed by atoms with van der Waals surface area (Å²) < 4.78 is 0. The highest BCUT2D eigenvalue weighted by atomic mass is 32.2. The Balaban J connectivity index is 2.20. The van der Waals surface area contributed by atoms with Gasteiger partial charge in [-0.1, -0.05) is 59.9 Å². The molecule has 0 amide bonds. The van der Waals surface area contributed by atoms with Crippen LogP contribution in [-0.2, 0) is 0 Å². The second-order valence-electron chi connectivity index (χ2n) is 5.97. The molecule has 0 fully saturated rings. The second kappa shape index (κ2) is 9.69. The minimum Gasteiger partial charge on any atom is -0.277 e. The Labute approximate surface area is 165 Å². The van der Waals surface area contributed by atoms with Gasteiger partial charge >= 0.3 is 0 Å². The molecule has 2 N–H and O–H groups in total. The number of benzene rings is 2. The highest BCUT2D eigenvalue weighted by molar-refractivity contribution is 8.13. The second-order valence-corrected chi connectivity index (χ2v) is 7.56. The Kier molecular flexibility index (Phi) is 7.60. The van der Waals surface area contributed by atoms with E-state index in [4.69, 9.17) is 9.98 Å². The van der Waals surface area contributed by atoms with Gasteiger partial charge in [-0.15, -0.1) is 0 Å². The van der Waals surface area contributed by atoms with Crippen molar-refractivity contribution in [3.05, 3.63) is 58.7 Å². The highest BCUT2D eigenvalue weighted by Crippen LogP contribution is 2.25. The van der Waals surface area contributed by atoms with Crippen LogP contribution < -0.4 is 10.9 Å². The monoisotopic (exact) mass is 386 g/mol. The van der Waals surface area contributed by atoms with E-state index >= 15 is 0 Å². The Morgan fingerprint density at radius 3 is 1.23 bits per heavy atom. The minimum atomic E-state index is 0.797. The quantitative estimate of drug-likeness (QED) is 0.411. The molecule has 2 aromatic carbocycles. The number of rotatable bonds is 2. The van der Waals surface area contributed by atoms with Crippen molar-refractivity contribution < 1.29 is 0 Å². The zero-order chi connectivity index (χ0) is 19.1. The van der Waals surface area contributed by atoms with Gasteiger partial charge in [-0.05, 0) is 62.5 Å². The molecular weight excluding hydrogens is 360 g/mol. The van der Waals surface area contributed by atoms with E-state index in [1.165, 1.54) is 0 Å². The van der Waals surface area contributed by atoms with Crippen LogP contribution in [0.25, 0.3) is 0 Å². The molecule has 0 saturated heterocycles. The third-order valence-electron chi connectivity index (χ3n) is 3.97. The Morgan fingerprint density at radius 2 is 0.962 bits per heavy atom. The van der Waals surface area contributed by atoms with Crippen LogP contribution in [0.3, 0.4) is 0 Å². The fraction of sp³-hybridized carbons (Fsp3) is 0.300. The topological polar surface area (TPSA) is 48.8 Å². The molecule has 0 aromatic heterocycles. The summed E-state index contributed by atoms with van der Waals surface area (Å²) in [4.78, 5) is 9.53. The van der Waals surface area contributed by atoms with Crippen LogP contribution in [-0.4, -0.2) is 22.8 Å². The summed E-state index contributed by atoms with van der Waals surface area (Å²) in [6.07, 6.45) is 4.00.